The lowest BCUT2D eigenvalue weighted by molar-refractivity contribution is 0.559. The Morgan fingerprint density at radius 1 is 1.19 bits per heavy atom. The van der Waals surface area contributed by atoms with Crippen molar-refractivity contribution in [3.8, 4) is 6.07 Å². The fourth-order valence-corrected chi connectivity index (χ4v) is 2.04. The average Bonchev–Trinajstić information content (AvgIpc) is 2.35. The van der Waals surface area contributed by atoms with Crippen molar-refractivity contribution in [3.05, 3.63) is 30.3 Å². The summed E-state index contributed by atoms with van der Waals surface area (Å²) < 4.78 is 0. The quantitative estimate of drug-likeness (QED) is 0.726. The largest absolute Gasteiger partial charge is 0.368 e. The second-order valence-electron chi connectivity index (χ2n) is 3.91. The first-order valence-corrected chi connectivity index (χ1v) is 6.02. The molecular weight excluding hydrogens is 196 g/mol. The Morgan fingerprint density at radius 2 is 1.81 bits per heavy atom. The van der Waals surface area contributed by atoms with E-state index in [-0.39, 0.29) is 0 Å². The van der Waals surface area contributed by atoms with E-state index >= 15 is 0 Å². The lowest BCUT2D eigenvalue weighted by Gasteiger charge is -2.32. The van der Waals surface area contributed by atoms with E-state index in [9.17, 15) is 0 Å². The van der Waals surface area contributed by atoms with Crippen molar-refractivity contribution < 1.29 is 0 Å². The molecule has 0 atom stereocenters. The molecule has 0 saturated carbocycles. The minimum Gasteiger partial charge on any atom is -0.368 e. The van der Waals surface area contributed by atoms with Crippen molar-refractivity contribution in [2.45, 2.75) is 39.2 Å². The van der Waals surface area contributed by atoms with Crippen LogP contribution in [-0.2, 0) is 0 Å². The molecule has 0 heterocycles. The maximum absolute atomic E-state index is 8.71. The number of rotatable bonds is 6. The van der Waals surface area contributed by atoms with Gasteiger partial charge in [-0.1, -0.05) is 32.0 Å². The number of hydrogen-bond acceptors (Lipinski definition) is 2. The summed E-state index contributed by atoms with van der Waals surface area (Å²) in [6, 6.07) is 13.1. The lowest BCUT2D eigenvalue weighted by atomic mass is 10.1. The van der Waals surface area contributed by atoms with Crippen molar-refractivity contribution >= 4 is 5.69 Å². The van der Waals surface area contributed by atoms with Crippen LogP contribution in [0, 0.1) is 11.3 Å². The second kappa shape index (κ2) is 6.90. The number of para-hydroxylation sites is 1. The molecule has 16 heavy (non-hydrogen) atoms. The van der Waals surface area contributed by atoms with Gasteiger partial charge in [0.1, 0.15) is 0 Å². The molecule has 0 aliphatic heterocycles. The Balaban J connectivity index is 2.83. The molecule has 0 amide bonds. The molecule has 1 aromatic carbocycles. The first-order valence-electron chi connectivity index (χ1n) is 6.02. The fourth-order valence-electron chi connectivity index (χ4n) is 2.04. The highest BCUT2D eigenvalue weighted by Gasteiger charge is 2.14. The molecule has 86 valence electrons. The zero-order valence-electron chi connectivity index (χ0n) is 10.2. The molecule has 1 aromatic rings. The molecule has 2 heteroatoms. The van der Waals surface area contributed by atoms with Gasteiger partial charge < -0.3 is 4.90 Å². The van der Waals surface area contributed by atoms with E-state index in [2.05, 4.69) is 49.1 Å². The molecule has 0 aliphatic carbocycles. The lowest BCUT2D eigenvalue weighted by Crippen LogP contribution is -2.35. The number of hydrogen-bond donors (Lipinski definition) is 0. The minimum absolute atomic E-state index is 0.538. The SMILES string of the molecule is CCC(CC)N(CCC#N)c1ccccc1. The van der Waals surface area contributed by atoms with Crippen LogP contribution in [0.1, 0.15) is 33.1 Å². The summed E-state index contributed by atoms with van der Waals surface area (Å²) in [5.74, 6) is 0. The van der Waals surface area contributed by atoms with Crippen molar-refractivity contribution in [2.24, 2.45) is 0 Å². The highest BCUT2D eigenvalue weighted by atomic mass is 15.2. The Bertz CT molecular complexity index is 322. The molecule has 0 fully saturated rings. The van der Waals surface area contributed by atoms with E-state index in [1.54, 1.807) is 0 Å². The van der Waals surface area contributed by atoms with Crippen LogP contribution in [0.25, 0.3) is 0 Å². The van der Waals surface area contributed by atoms with Crippen LogP contribution < -0.4 is 4.90 Å². The van der Waals surface area contributed by atoms with Crippen LogP contribution in [-0.4, -0.2) is 12.6 Å². The number of benzene rings is 1. The Kier molecular flexibility index (Phi) is 5.42. The third-order valence-corrected chi connectivity index (χ3v) is 2.94. The molecule has 1 rings (SSSR count). The van der Waals surface area contributed by atoms with Crippen LogP contribution in [0.3, 0.4) is 0 Å². The first-order chi connectivity index (χ1) is 7.83. The maximum atomic E-state index is 8.71. The predicted molar refractivity (Wildman–Crippen MR) is 68.4 cm³/mol. The normalized spacial score (nSPS) is 10.1. The number of nitriles is 1. The molecule has 2 nitrogen and oxygen atoms in total. The van der Waals surface area contributed by atoms with Crippen molar-refractivity contribution in [1.29, 1.82) is 5.26 Å². The van der Waals surface area contributed by atoms with Crippen LogP contribution in [0.4, 0.5) is 5.69 Å². The predicted octanol–water partition coefficient (Wildman–Crippen LogP) is 3.60. The highest BCUT2D eigenvalue weighted by Crippen LogP contribution is 2.20. The van der Waals surface area contributed by atoms with Crippen molar-refractivity contribution in [3.63, 3.8) is 0 Å². The van der Waals surface area contributed by atoms with Gasteiger partial charge in [0.15, 0.2) is 0 Å². The molecule has 0 aromatic heterocycles. The molecule has 0 bridgehead atoms. The molecular formula is C14H20N2. The molecule has 0 radical (unpaired) electrons. The zero-order chi connectivity index (χ0) is 11.8. The van der Waals surface area contributed by atoms with E-state index in [1.807, 2.05) is 6.07 Å². The third kappa shape index (κ3) is 3.27. The smallest absolute Gasteiger partial charge is 0.0640 e. The van der Waals surface area contributed by atoms with Crippen LogP contribution in [0.5, 0.6) is 0 Å². The van der Waals surface area contributed by atoms with Gasteiger partial charge in [-0.15, -0.1) is 0 Å². The second-order valence-corrected chi connectivity index (χ2v) is 3.91. The van der Waals surface area contributed by atoms with E-state index in [1.165, 1.54) is 5.69 Å². The summed E-state index contributed by atoms with van der Waals surface area (Å²) in [6.07, 6.45) is 2.83. The monoisotopic (exact) mass is 216 g/mol. The number of anilines is 1. The van der Waals surface area contributed by atoms with E-state index in [4.69, 9.17) is 5.26 Å². The molecule has 0 saturated heterocycles. The zero-order valence-corrected chi connectivity index (χ0v) is 10.2. The Labute approximate surface area is 98.5 Å². The van der Waals surface area contributed by atoms with Gasteiger partial charge in [0.05, 0.1) is 12.5 Å². The van der Waals surface area contributed by atoms with Crippen LogP contribution in [0.15, 0.2) is 30.3 Å². The van der Waals surface area contributed by atoms with Gasteiger partial charge in [0.25, 0.3) is 0 Å². The Morgan fingerprint density at radius 3 is 2.31 bits per heavy atom. The number of nitrogens with zero attached hydrogens (tertiary/aromatic N) is 2. The summed E-state index contributed by atoms with van der Waals surface area (Å²) in [6.45, 7) is 5.24. The standard InChI is InChI=1S/C14H20N2/c1-3-13(4-2)16(12-8-11-15)14-9-6-5-7-10-14/h5-7,9-10,13H,3-4,8,12H2,1-2H3. The Hall–Kier alpha value is -1.49. The maximum Gasteiger partial charge on any atom is 0.0640 e. The van der Waals surface area contributed by atoms with Gasteiger partial charge in [-0.25, -0.2) is 0 Å². The van der Waals surface area contributed by atoms with Gasteiger partial charge >= 0.3 is 0 Å². The van der Waals surface area contributed by atoms with Gasteiger partial charge in [-0.05, 0) is 25.0 Å². The molecule has 0 N–H and O–H groups in total. The highest BCUT2D eigenvalue weighted by molar-refractivity contribution is 5.47. The van der Waals surface area contributed by atoms with Gasteiger partial charge in [-0.2, -0.15) is 5.26 Å². The molecule has 0 spiro atoms. The summed E-state index contributed by atoms with van der Waals surface area (Å²) in [5.41, 5.74) is 1.23. The van der Waals surface area contributed by atoms with E-state index < -0.39 is 0 Å². The van der Waals surface area contributed by atoms with Crippen LogP contribution >= 0.6 is 0 Å². The summed E-state index contributed by atoms with van der Waals surface area (Å²) >= 11 is 0. The average molecular weight is 216 g/mol. The summed E-state index contributed by atoms with van der Waals surface area (Å²) in [7, 11) is 0. The fraction of sp³-hybridized carbons (Fsp3) is 0.500. The van der Waals surface area contributed by atoms with Gasteiger partial charge in [-0.3, -0.25) is 0 Å². The molecule has 0 aliphatic rings. The van der Waals surface area contributed by atoms with Crippen LogP contribution in [0.2, 0.25) is 0 Å². The van der Waals surface area contributed by atoms with Crippen molar-refractivity contribution in [1.82, 2.24) is 0 Å². The summed E-state index contributed by atoms with van der Waals surface area (Å²) in [4.78, 5) is 2.35. The molecule has 0 unspecified atom stereocenters. The first kappa shape index (κ1) is 12.6. The van der Waals surface area contributed by atoms with Gasteiger partial charge in [0.2, 0.25) is 0 Å². The van der Waals surface area contributed by atoms with E-state index in [0.717, 1.165) is 19.4 Å². The topological polar surface area (TPSA) is 27.0 Å². The summed E-state index contributed by atoms with van der Waals surface area (Å²) in [5, 5.41) is 8.71. The van der Waals surface area contributed by atoms with E-state index in [0.29, 0.717) is 12.5 Å². The van der Waals surface area contributed by atoms with Crippen molar-refractivity contribution in [2.75, 3.05) is 11.4 Å². The van der Waals surface area contributed by atoms with Gasteiger partial charge in [0, 0.05) is 18.3 Å². The third-order valence-electron chi connectivity index (χ3n) is 2.94. The minimum atomic E-state index is 0.538.